The van der Waals surface area contributed by atoms with Gasteiger partial charge >= 0.3 is 0 Å². The smallest absolute Gasteiger partial charge is 0.299 e. The van der Waals surface area contributed by atoms with Crippen LogP contribution in [0.1, 0.15) is 0 Å². The molecule has 0 aliphatic carbocycles. The Hall–Kier alpha value is -1.78. The van der Waals surface area contributed by atoms with Crippen molar-refractivity contribution in [2.24, 2.45) is 4.99 Å². The van der Waals surface area contributed by atoms with E-state index in [1.807, 2.05) is 0 Å². The molecule has 0 heterocycles. The second-order valence-electron chi connectivity index (χ2n) is 2.31. The zero-order chi connectivity index (χ0) is 10.6. The molecule has 0 atom stereocenters. The monoisotopic (exact) mass is 210 g/mol. The Bertz CT molecular complexity index is 413. The molecule has 0 radical (unpaired) electrons. The number of isothiocyanates is 1. The fourth-order valence-electron chi connectivity index (χ4n) is 0.920. The van der Waals surface area contributed by atoms with Crippen LogP contribution >= 0.6 is 12.2 Å². The number of rotatable bonds is 3. The van der Waals surface area contributed by atoms with Crippen LogP contribution in [0.3, 0.4) is 0 Å². The van der Waals surface area contributed by atoms with Crippen molar-refractivity contribution in [2.75, 3.05) is 7.11 Å². The van der Waals surface area contributed by atoms with Gasteiger partial charge < -0.3 is 4.74 Å². The summed E-state index contributed by atoms with van der Waals surface area (Å²) in [5, 5.41) is 12.7. The second kappa shape index (κ2) is 4.45. The van der Waals surface area contributed by atoms with Crippen LogP contribution in [0.2, 0.25) is 0 Å². The minimum Gasteiger partial charge on any atom is -0.496 e. The summed E-state index contributed by atoms with van der Waals surface area (Å²) >= 11 is 4.37. The van der Waals surface area contributed by atoms with Crippen molar-refractivity contribution in [1.82, 2.24) is 0 Å². The van der Waals surface area contributed by atoms with Gasteiger partial charge in [-0.15, -0.1) is 0 Å². The van der Waals surface area contributed by atoms with Crippen LogP contribution in [0.15, 0.2) is 23.2 Å². The number of thiocarbonyl (C=S) groups is 1. The van der Waals surface area contributed by atoms with Gasteiger partial charge in [0.05, 0.1) is 23.3 Å². The minimum atomic E-state index is -0.548. The van der Waals surface area contributed by atoms with E-state index in [4.69, 9.17) is 4.74 Å². The van der Waals surface area contributed by atoms with E-state index >= 15 is 0 Å². The summed E-state index contributed by atoms with van der Waals surface area (Å²) in [6.45, 7) is 0. The van der Waals surface area contributed by atoms with Crippen molar-refractivity contribution in [2.45, 2.75) is 0 Å². The molecule has 6 heteroatoms. The molecule has 1 aromatic rings. The van der Waals surface area contributed by atoms with Crippen molar-refractivity contribution in [3.8, 4) is 5.75 Å². The molecule has 5 nitrogen and oxygen atoms in total. The normalized spacial score (nSPS) is 8.93. The van der Waals surface area contributed by atoms with Crippen molar-refractivity contribution in [3.05, 3.63) is 28.3 Å². The number of nitro groups is 1. The molecular weight excluding hydrogens is 204 g/mol. The SMILES string of the molecule is COc1ccc(N=C=S)c([N+](=O)[O-])c1. The molecule has 14 heavy (non-hydrogen) atoms. The summed E-state index contributed by atoms with van der Waals surface area (Å²) in [7, 11) is 1.43. The van der Waals surface area contributed by atoms with Crippen LogP contribution in [0.25, 0.3) is 0 Å². The summed E-state index contributed by atoms with van der Waals surface area (Å²) < 4.78 is 4.85. The molecule has 0 aliphatic rings. The van der Waals surface area contributed by atoms with Crippen molar-refractivity contribution < 1.29 is 9.66 Å². The topological polar surface area (TPSA) is 64.7 Å². The van der Waals surface area contributed by atoms with Gasteiger partial charge in [0.2, 0.25) is 0 Å². The van der Waals surface area contributed by atoms with E-state index in [1.54, 1.807) is 6.07 Å². The molecule has 0 spiro atoms. The highest BCUT2D eigenvalue weighted by Gasteiger charge is 2.13. The van der Waals surface area contributed by atoms with E-state index in [-0.39, 0.29) is 11.4 Å². The summed E-state index contributed by atoms with van der Waals surface area (Å²) in [5.41, 5.74) is 0.0208. The molecule has 1 rings (SSSR count). The molecule has 0 N–H and O–H groups in total. The predicted octanol–water partition coefficient (Wildman–Crippen LogP) is 2.34. The highest BCUT2D eigenvalue weighted by Crippen LogP contribution is 2.30. The van der Waals surface area contributed by atoms with Gasteiger partial charge in [-0.1, -0.05) is 0 Å². The van der Waals surface area contributed by atoms with E-state index in [9.17, 15) is 10.1 Å². The molecule has 0 aromatic heterocycles. The van der Waals surface area contributed by atoms with Crippen molar-refractivity contribution in [3.63, 3.8) is 0 Å². The maximum Gasteiger partial charge on any atom is 0.299 e. The van der Waals surface area contributed by atoms with Crippen LogP contribution in [0.5, 0.6) is 5.75 Å². The number of hydrogen-bond acceptors (Lipinski definition) is 5. The lowest BCUT2D eigenvalue weighted by Crippen LogP contribution is -1.90. The van der Waals surface area contributed by atoms with Crippen molar-refractivity contribution in [1.29, 1.82) is 0 Å². The van der Waals surface area contributed by atoms with Crippen LogP contribution < -0.4 is 4.74 Å². The number of methoxy groups -OCH3 is 1. The van der Waals surface area contributed by atoms with Gasteiger partial charge in [-0.2, -0.15) is 4.99 Å². The maximum absolute atomic E-state index is 10.6. The summed E-state index contributed by atoms with van der Waals surface area (Å²) in [6, 6.07) is 4.31. The van der Waals surface area contributed by atoms with E-state index in [2.05, 4.69) is 22.4 Å². The Kier molecular flexibility index (Phi) is 3.28. The standard InChI is InChI=1S/C8H6N2O3S/c1-13-6-2-3-7(9-5-14)8(4-6)10(11)12/h2-4H,1H3. The molecule has 0 saturated carbocycles. The molecule has 1 aromatic carbocycles. The number of hydrogen-bond donors (Lipinski definition) is 0. The third-order valence-electron chi connectivity index (χ3n) is 1.55. The lowest BCUT2D eigenvalue weighted by atomic mass is 10.2. The van der Waals surface area contributed by atoms with Crippen LogP contribution in [0, 0.1) is 10.1 Å². The second-order valence-corrected chi connectivity index (χ2v) is 2.50. The lowest BCUT2D eigenvalue weighted by molar-refractivity contribution is -0.384. The maximum atomic E-state index is 10.6. The largest absolute Gasteiger partial charge is 0.496 e. The number of nitrogens with zero attached hydrogens (tertiary/aromatic N) is 2. The van der Waals surface area contributed by atoms with E-state index in [0.29, 0.717) is 5.75 Å². The third kappa shape index (κ3) is 2.12. The lowest BCUT2D eigenvalue weighted by Gasteiger charge is -2.00. The van der Waals surface area contributed by atoms with E-state index in [0.717, 1.165) is 0 Å². The molecule has 72 valence electrons. The highest BCUT2D eigenvalue weighted by molar-refractivity contribution is 7.78. The average molecular weight is 210 g/mol. The highest BCUT2D eigenvalue weighted by atomic mass is 32.1. The molecule has 0 saturated heterocycles. The fourth-order valence-corrected chi connectivity index (χ4v) is 1.02. The number of nitro benzene ring substituents is 1. The van der Waals surface area contributed by atoms with Gasteiger partial charge in [-0.25, -0.2) is 0 Å². The van der Waals surface area contributed by atoms with Crippen LogP contribution in [0.4, 0.5) is 11.4 Å². The Morgan fingerprint density at radius 3 is 2.86 bits per heavy atom. The molecular formula is C8H6N2O3S. The van der Waals surface area contributed by atoms with Gasteiger partial charge in [0.1, 0.15) is 5.75 Å². The zero-order valence-electron chi connectivity index (χ0n) is 7.26. The Labute approximate surface area is 85.2 Å². The molecule has 0 unspecified atom stereocenters. The first-order valence-corrected chi connectivity index (χ1v) is 4.00. The Morgan fingerprint density at radius 1 is 1.64 bits per heavy atom. The third-order valence-corrected chi connectivity index (χ3v) is 1.64. The average Bonchev–Trinajstić information content (AvgIpc) is 2.18. The van der Waals surface area contributed by atoms with Gasteiger partial charge in [0.25, 0.3) is 5.69 Å². The Morgan fingerprint density at radius 2 is 2.36 bits per heavy atom. The summed E-state index contributed by atoms with van der Waals surface area (Å²) in [5.74, 6) is 0.403. The van der Waals surface area contributed by atoms with Gasteiger partial charge in [0, 0.05) is 0 Å². The number of benzene rings is 1. The van der Waals surface area contributed by atoms with E-state index in [1.165, 1.54) is 19.2 Å². The first-order valence-electron chi connectivity index (χ1n) is 3.59. The number of ether oxygens (including phenoxy) is 1. The molecule has 0 amide bonds. The molecule has 0 fully saturated rings. The Balaban J connectivity index is 3.30. The molecule has 0 bridgehead atoms. The fraction of sp³-hybridized carbons (Fsp3) is 0.125. The summed E-state index contributed by atoms with van der Waals surface area (Å²) in [6.07, 6.45) is 0. The zero-order valence-corrected chi connectivity index (χ0v) is 8.08. The van der Waals surface area contributed by atoms with Gasteiger partial charge in [-0.3, -0.25) is 10.1 Å². The van der Waals surface area contributed by atoms with Gasteiger partial charge in [0.15, 0.2) is 5.69 Å². The first-order chi connectivity index (χ1) is 6.69. The number of aliphatic imine (C=N–C) groups is 1. The first kappa shape index (κ1) is 10.3. The summed E-state index contributed by atoms with van der Waals surface area (Å²) in [4.78, 5) is 13.6. The quantitative estimate of drug-likeness (QED) is 0.332. The van der Waals surface area contributed by atoms with Crippen LogP contribution in [-0.2, 0) is 0 Å². The van der Waals surface area contributed by atoms with Crippen LogP contribution in [-0.4, -0.2) is 17.2 Å². The van der Waals surface area contributed by atoms with Gasteiger partial charge in [-0.05, 0) is 24.4 Å². The minimum absolute atomic E-state index is 0.151. The molecule has 0 aliphatic heterocycles. The van der Waals surface area contributed by atoms with E-state index < -0.39 is 4.92 Å². The predicted molar refractivity (Wildman–Crippen MR) is 54.3 cm³/mol. The van der Waals surface area contributed by atoms with Crippen molar-refractivity contribution >= 4 is 28.8 Å².